The van der Waals surface area contributed by atoms with Crippen LogP contribution in [0.1, 0.15) is 52.6 Å². The van der Waals surface area contributed by atoms with E-state index in [-0.39, 0.29) is 36.0 Å². The summed E-state index contributed by atoms with van der Waals surface area (Å²) in [4.78, 5) is 45.9. The number of aromatic nitrogens is 1. The lowest BCUT2D eigenvalue weighted by atomic mass is 9.89. The number of halogens is 1. The van der Waals surface area contributed by atoms with Crippen molar-refractivity contribution in [2.45, 2.75) is 44.9 Å². The summed E-state index contributed by atoms with van der Waals surface area (Å²) < 4.78 is 13.2. The van der Waals surface area contributed by atoms with Crippen molar-refractivity contribution < 1.29 is 18.8 Å². The summed E-state index contributed by atoms with van der Waals surface area (Å²) >= 11 is 0. The molecule has 3 atom stereocenters. The van der Waals surface area contributed by atoms with Crippen molar-refractivity contribution in [1.29, 1.82) is 0 Å². The van der Waals surface area contributed by atoms with Crippen LogP contribution < -0.4 is 10.6 Å². The van der Waals surface area contributed by atoms with Gasteiger partial charge in [-0.25, -0.2) is 4.39 Å². The molecule has 7 nitrogen and oxygen atoms in total. The summed E-state index contributed by atoms with van der Waals surface area (Å²) in [6, 6.07) is 19.3. The molecule has 0 radical (unpaired) electrons. The van der Waals surface area contributed by atoms with E-state index in [1.165, 1.54) is 12.1 Å². The summed E-state index contributed by atoms with van der Waals surface area (Å²) in [6.45, 7) is 3.93. The third-order valence-electron chi connectivity index (χ3n) is 7.78. The third-order valence-corrected chi connectivity index (χ3v) is 7.78. The van der Waals surface area contributed by atoms with Crippen molar-refractivity contribution in [3.05, 3.63) is 107 Å². The van der Waals surface area contributed by atoms with Crippen LogP contribution in [-0.4, -0.2) is 39.7 Å². The molecule has 3 amide bonds. The first-order valence-electron chi connectivity index (χ1n) is 13.2. The zero-order valence-corrected chi connectivity index (χ0v) is 21.7. The molecular weight excluding hydrogens is 495 g/mol. The molecule has 1 aromatic heterocycles. The van der Waals surface area contributed by atoms with Gasteiger partial charge >= 0.3 is 0 Å². The van der Waals surface area contributed by atoms with Crippen LogP contribution in [0.4, 0.5) is 4.39 Å². The number of nitrogens with one attached hydrogen (secondary N) is 3. The fourth-order valence-corrected chi connectivity index (χ4v) is 5.82. The summed E-state index contributed by atoms with van der Waals surface area (Å²) in [5.41, 5.74) is 5.10. The Kier molecular flexibility index (Phi) is 6.17. The first-order chi connectivity index (χ1) is 18.8. The molecule has 39 heavy (non-hydrogen) atoms. The van der Waals surface area contributed by atoms with Crippen LogP contribution in [-0.2, 0) is 22.6 Å². The smallest absolute Gasteiger partial charge is 0.255 e. The number of carbonyl (C=O) groups excluding carboxylic acids is 3. The quantitative estimate of drug-likeness (QED) is 0.352. The number of carbonyl (C=O) groups is 3. The molecule has 0 fully saturated rings. The Labute approximate surface area is 225 Å². The minimum Gasteiger partial charge on any atom is -0.356 e. The lowest BCUT2D eigenvalue weighted by Gasteiger charge is -2.38. The monoisotopic (exact) mass is 524 g/mol. The van der Waals surface area contributed by atoms with Gasteiger partial charge in [0, 0.05) is 35.1 Å². The Balaban J connectivity index is 1.30. The van der Waals surface area contributed by atoms with Gasteiger partial charge in [-0.1, -0.05) is 62.4 Å². The Morgan fingerprint density at radius 2 is 1.74 bits per heavy atom. The molecule has 3 aromatic carbocycles. The molecule has 0 bridgehead atoms. The van der Waals surface area contributed by atoms with Crippen LogP contribution in [0.5, 0.6) is 0 Å². The standard InChI is InChI=1S/C31H29FN4O3/c1-17(2)26(30(38)33-16-18-11-13-19(32)14-12-18)35-29(37)25-15-23-20-7-5-6-10-24(20)34-27(23)28-21-8-3-4-9-22(21)31(39)36(25)28/h3-14,17,25-26,28,34H,15-16H2,1-2H3,(H,33,38)(H,35,37)/t25-,26-,28?/m0/s1. The van der Waals surface area contributed by atoms with Crippen molar-refractivity contribution >= 4 is 28.6 Å². The fraction of sp³-hybridized carbons (Fsp3) is 0.258. The maximum atomic E-state index is 13.9. The first-order valence-corrected chi connectivity index (χ1v) is 13.2. The summed E-state index contributed by atoms with van der Waals surface area (Å²) in [6.07, 6.45) is 0.337. The molecular formula is C31H29FN4O3. The molecule has 2 aliphatic heterocycles. The van der Waals surface area contributed by atoms with E-state index >= 15 is 0 Å². The number of nitrogens with zero attached hydrogens (tertiary/aromatic N) is 1. The number of hydrogen-bond acceptors (Lipinski definition) is 3. The number of rotatable bonds is 6. The second-order valence-electron chi connectivity index (χ2n) is 10.6. The Bertz CT molecular complexity index is 1590. The number of para-hydroxylation sites is 1. The van der Waals surface area contributed by atoms with Crippen molar-refractivity contribution in [3.63, 3.8) is 0 Å². The molecule has 3 N–H and O–H groups in total. The van der Waals surface area contributed by atoms with Gasteiger partial charge in [0.05, 0.1) is 6.04 Å². The van der Waals surface area contributed by atoms with Crippen LogP contribution in [0.2, 0.25) is 0 Å². The largest absolute Gasteiger partial charge is 0.356 e. The van der Waals surface area contributed by atoms with Crippen LogP contribution in [0, 0.1) is 11.7 Å². The number of H-pyrrole nitrogens is 1. The number of hydrogen-bond donors (Lipinski definition) is 3. The highest BCUT2D eigenvalue weighted by Crippen LogP contribution is 2.46. The topological polar surface area (TPSA) is 94.3 Å². The Morgan fingerprint density at radius 3 is 2.51 bits per heavy atom. The summed E-state index contributed by atoms with van der Waals surface area (Å²) in [5.74, 6) is -1.44. The molecule has 4 aromatic rings. The number of benzene rings is 3. The fourth-order valence-electron chi connectivity index (χ4n) is 5.82. The first kappa shape index (κ1) is 24.9. The SMILES string of the molecule is CC(C)[C@H](NC(=O)[C@@H]1Cc2c([nH]c3ccccc23)C2c3ccccc3C(=O)N21)C(=O)NCc1ccc(F)cc1. The number of aromatic amines is 1. The summed E-state index contributed by atoms with van der Waals surface area (Å²) in [7, 11) is 0. The average molecular weight is 525 g/mol. The van der Waals surface area contributed by atoms with Crippen molar-refractivity contribution in [2.24, 2.45) is 5.92 Å². The molecule has 0 saturated carbocycles. The maximum Gasteiger partial charge on any atom is 0.255 e. The van der Waals surface area contributed by atoms with E-state index in [1.54, 1.807) is 23.1 Å². The second kappa shape index (κ2) is 9.69. The van der Waals surface area contributed by atoms with Crippen LogP contribution in [0.3, 0.4) is 0 Å². The van der Waals surface area contributed by atoms with Gasteiger partial charge in [0.25, 0.3) is 5.91 Å². The van der Waals surface area contributed by atoms with E-state index in [0.29, 0.717) is 12.0 Å². The zero-order valence-electron chi connectivity index (χ0n) is 21.7. The molecule has 8 heteroatoms. The highest BCUT2D eigenvalue weighted by atomic mass is 19.1. The van der Waals surface area contributed by atoms with E-state index in [0.717, 1.165) is 33.3 Å². The van der Waals surface area contributed by atoms with Crippen LogP contribution in [0.25, 0.3) is 10.9 Å². The minimum atomic E-state index is -0.805. The molecule has 3 heterocycles. The zero-order chi connectivity index (χ0) is 27.3. The van der Waals surface area contributed by atoms with Crippen molar-refractivity contribution in [2.75, 3.05) is 0 Å². The number of fused-ring (bicyclic) bond motifs is 7. The molecule has 2 aliphatic rings. The van der Waals surface area contributed by atoms with Crippen molar-refractivity contribution in [1.82, 2.24) is 20.5 Å². The van der Waals surface area contributed by atoms with Gasteiger partial charge < -0.3 is 20.5 Å². The number of amides is 3. The minimum absolute atomic E-state index is 0.193. The van der Waals surface area contributed by atoms with Gasteiger partial charge in [-0.2, -0.15) is 0 Å². The van der Waals surface area contributed by atoms with E-state index in [4.69, 9.17) is 0 Å². The Morgan fingerprint density at radius 1 is 1.03 bits per heavy atom. The highest BCUT2D eigenvalue weighted by molar-refractivity contribution is 6.04. The van der Waals surface area contributed by atoms with Crippen molar-refractivity contribution in [3.8, 4) is 0 Å². The molecule has 0 spiro atoms. The normalized spacial score (nSPS) is 18.5. The molecule has 1 unspecified atom stereocenters. The van der Waals surface area contributed by atoms with Crippen LogP contribution in [0.15, 0.2) is 72.8 Å². The van der Waals surface area contributed by atoms with E-state index < -0.39 is 18.1 Å². The molecule has 0 saturated heterocycles. The van der Waals surface area contributed by atoms with Gasteiger partial charge in [0.1, 0.15) is 17.9 Å². The van der Waals surface area contributed by atoms with Gasteiger partial charge in [0.2, 0.25) is 11.8 Å². The Hall–Kier alpha value is -4.46. The van der Waals surface area contributed by atoms with E-state index in [1.807, 2.05) is 56.3 Å². The predicted molar refractivity (Wildman–Crippen MR) is 145 cm³/mol. The predicted octanol–water partition coefficient (Wildman–Crippen LogP) is 4.23. The molecule has 198 valence electrons. The lowest BCUT2D eigenvalue weighted by molar-refractivity contribution is -0.133. The third kappa shape index (κ3) is 4.26. The molecule has 6 rings (SSSR count). The summed E-state index contributed by atoms with van der Waals surface area (Å²) in [5, 5.41) is 6.83. The highest BCUT2D eigenvalue weighted by Gasteiger charge is 2.49. The lowest BCUT2D eigenvalue weighted by Crippen LogP contribution is -2.57. The van der Waals surface area contributed by atoms with Crippen LogP contribution >= 0.6 is 0 Å². The second-order valence-corrected chi connectivity index (χ2v) is 10.6. The van der Waals surface area contributed by atoms with E-state index in [2.05, 4.69) is 15.6 Å². The van der Waals surface area contributed by atoms with Gasteiger partial charge in [-0.05, 0) is 46.9 Å². The van der Waals surface area contributed by atoms with Gasteiger partial charge in [0.15, 0.2) is 0 Å². The van der Waals surface area contributed by atoms with E-state index in [9.17, 15) is 18.8 Å². The van der Waals surface area contributed by atoms with Gasteiger partial charge in [-0.15, -0.1) is 0 Å². The average Bonchev–Trinajstić information content (AvgIpc) is 3.46. The molecule has 0 aliphatic carbocycles. The van der Waals surface area contributed by atoms with Gasteiger partial charge in [-0.3, -0.25) is 14.4 Å². The maximum absolute atomic E-state index is 13.9.